The molecule has 0 saturated heterocycles. The van der Waals surface area contributed by atoms with E-state index in [1.807, 2.05) is 0 Å². The largest absolute Gasteiger partial charge is 0.496 e. The summed E-state index contributed by atoms with van der Waals surface area (Å²) >= 11 is 0. The average Bonchev–Trinajstić information content (AvgIpc) is 2.39. The van der Waals surface area contributed by atoms with Crippen LogP contribution in [0, 0.1) is 6.07 Å². The number of hydrogen-bond donors (Lipinski definition) is 0. The fraction of sp³-hybridized carbons (Fsp3) is 0.154. The lowest BCUT2D eigenvalue weighted by Gasteiger charge is -2.08. The highest BCUT2D eigenvalue weighted by atomic mass is 16.5. The van der Waals surface area contributed by atoms with Gasteiger partial charge in [0.15, 0.2) is 0 Å². The second-order valence-corrected chi connectivity index (χ2v) is 3.24. The van der Waals surface area contributed by atoms with Crippen molar-refractivity contribution in [2.45, 2.75) is 0 Å². The van der Waals surface area contributed by atoms with Crippen LogP contribution in [0.15, 0.2) is 36.5 Å². The third-order valence-corrected chi connectivity index (χ3v) is 2.13. The van der Waals surface area contributed by atoms with Crippen LogP contribution in [0.5, 0.6) is 23.1 Å². The number of aromatic nitrogens is 1. The lowest BCUT2D eigenvalue weighted by atomic mass is 10.3. The van der Waals surface area contributed by atoms with Crippen molar-refractivity contribution in [3.63, 3.8) is 0 Å². The van der Waals surface area contributed by atoms with Crippen LogP contribution in [0.3, 0.4) is 0 Å². The Kier molecular flexibility index (Phi) is 3.45. The van der Waals surface area contributed by atoms with Crippen LogP contribution >= 0.6 is 0 Å². The molecule has 0 aliphatic heterocycles. The minimum absolute atomic E-state index is 0.475. The van der Waals surface area contributed by atoms with E-state index in [0.29, 0.717) is 23.1 Å². The zero-order valence-electron chi connectivity index (χ0n) is 9.64. The van der Waals surface area contributed by atoms with E-state index in [-0.39, 0.29) is 0 Å². The maximum absolute atomic E-state index is 5.56. The Labute approximate surface area is 99.8 Å². The smallest absolute Gasteiger partial charge is 0.219 e. The average molecular weight is 230 g/mol. The monoisotopic (exact) mass is 230 g/mol. The predicted molar refractivity (Wildman–Crippen MR) is 62.7 cm³/mol. The number of methoxy groups -OCH3 is 2. The van der Waals surface area contributed by atoms with Gasteiger partial charge >= 0.3 is 0 Å². The van der Waals surface area contributed by atoms with Gasteiger partial charge in [0.1, 0.15) is 17.2 Å². The highest BCUT2D eigenvalue weighted by Gasteiger charge is 2.04. The van der Waals surface area contributed by atoms with Crippen molar-refractivity contribution >= 4 is 0 Å². The second kappa shape index (κ2) is 5.21. The van der Waals surface area contributed by atoms with Gasteiger partial charge < -0.3 is 14.2 Å². The van der Waals surface area contributed by atoms with Crippen LogP contribution in [0.4, 0.5) is 0 Å². The van der Waals surface area contributed by atoms with Gasteiger partial charge in [-0.25, -0.2) is 4.98 Å². The Morgan fingerprint density at radius 1 is 1.00 bits per heavy atom. The molecule has 2 rings (SSSR count). The molecular formula is C13H12NO3. The predicted octanol–water partition coefficient (Wildman–Crippen LogP) is 2.69. The molecule has 4 heteroatoms. The van der Waals surface area contributed by atoms with Crippen molar-refractivity contribution < 1.29 is 14.2 Å². The van der Waals surface area contributed by atoms with Crippen LogP contribution in [0.1, 0.15) is 0 Å². The van der Waals surface area contributed by atoms with Crippen molar-refractivity contribution in [2.75, 3.05) is 14.2 Å². The SMILES string of the molecule is COc1cc(OC)cc(Oc2c[c]ccn2)c1. The zero-order valence-corrected chi connectivity index (χ0v) is 9.64. The number of benzene rings is 1. The molecule has 1 aromatic carbocycles. The minimum atomic E-state index is 0.475. The van der Waals surface area contributed by atoms with Gasteiger partial charge in [-0.15, -0.1) is 0 Å². The maximum Gasteiger partial charge on any atom is 0.219 e. The van der Waals surface area contributed by atoms with Gasteiger partial charge in [0.2, 0.25) is 5.88 Å². The highest BCUT2D eigenvalue weighted by molar-refractivity contribution is 5.43. The van der Waals surface area contributed by atoms with Crippen LogP contribution < -0.4 is 14.2 Å². The summed E-state index contributed by atoms with van der Waals surface area (Å²) in [6, 6.07) is 11.6. The van der Waals surface area contributed by atoms with E-state index < -0.39 is 0 Å². The summed E-state index contributed by atoms with van der Waals surface area (Å²) in [6.45, 7) is 0. The van der Waals surface area contributed by atoms with Gasteiger partial charge in [0.25, 0.3) is 0 Å². The Bertz CT molecular complexity index is 463. The Morgan fingerprint density at radius 2 is 1.65 bits per heavy atom. The van der Waals surface area contributed by atoms with E-state index in [1.165, 1.54) is 0 Å². The van der Waals surface area contributed by atoms with E-state index in [2.05, 4.69) is 11.1 Å². The van der Waals surface area contributed by atoms with Crippen LogP contribution in [0.25, 0.3) is 0 Å². The van der Waals surface area contributed by atoms with Gasteiger partial charge in [-0.3, -0.25) is 0 Å². The molecule has 0 amide bonds. The van der Waals surface area contributed by atoms with Gasteiger partial charge in [-0.05, 0) is 12.1 Å². The first-order valence-electron chi connectivity index (χ1n) is 5.05. The molecule has 4 nitrogen and oxygen atoms in total. The quantitative estimate of drug-likeness (QED) is 0.809. The first kappa shape index (κ1) is 11.3. The topological polar surface area (TPSA) is 40.6 Å². The number of pyridine rings is 1. The molecule has 0 aliphatic rings. The molecule has 0 unspecified atom stereocenters. The molecule has 0 saturated carbocycles. The third-order valence-electron chi connectivity index (χ3n) is 2.13. The molecule has 0 aliphatic carbocycles. The van der Waals surface area contributed by atoms with Crippen molar-refractivity contribution in [3.05, 3.63) is 42.6 Å². The molecule has 17 heavy (non-hydrogen) atoms. The lowest BCUT2D eigenvalue weighted by Crippen LogP contribution is -1.91. The number of rotatable bonds is 4. The van der Waals surface area contributed by atoms with Crippen molar-refractivity contribution in [3.8, 4) is 23.1 Å². The molecule has 1 heterocycles. The van der Waals surface area contributed by atoms with Gasteiger partial charge in [0.05, 0.1) is 14.2 Å². The standard InChI is InChI=1S/C13H12NO3/c1-15-10-7-11(16-2)9-12(8-10)17-13-5-3-4-6-14-13/h4-9H,1-2H3. The van der Waals surface area contributed by atoms with E-state index in [9.17, 15) is 0 Å². The summed E-state index contributed by atoms with van der Waals surface area (Å²) in [5.74, 6) is 2.41. The van der Waals surface area contributed by atoms with Crippen molar-refractivity contribution in [1.29, 1.82) is 0 Å². The van der Waals surface area contributed by atoms with Crippen LogP contribution in [-0.4, -0.2) is 19.2 Å². The van der Waals surface area contributed by atoms with Gasteiger partial charge in [-0.1, -0.05) is 0 Å². The fourth-order valence-corrected chi connectivity index (χ4v) is 1.33. The second-order valence-electron chi connectivity index (χ2n) is 3.24. The van der Waals surface area contributed by atoms with E-state index in [1.54, 1.807) is 50.7 Å². The third kappa shape index (κ3) is 2.87. The van der Waals surface area contributed by atoms with E-state index >= 15 is 0 Å². The summed E-state index contributed by atoms with van der Waals surface area (Å²) in [5, 5.41) is 0. The molecule has 2 aromatic rings. The fourth-order valence-electron chi connectivity index (χ4n) is 1.33. The number of hydrogen-bond acceptors (Lipinski definition) is 4. The van der Waals surface area contributed by atoms with Crippen molar-refractivity contribution in [2.24, 2.45) is 0 Å². The summed E-state index contributed by atoms with van der Waals surface area (Å²) in [4.78, 5) is 4.05. The summed E-state index contributed by atoms with van der Waals surface area (Å²) < 4.78 is 15.9. The molecule has 0 atom stereocenters. The molecule has 0 fully saturated rings. The molecule has 0 bridgehead atoms. The number of ether oxygens (including phenoxy) is 3. The van der Waals surface area contributed by atoms with Gasteiger partial charge in [0, 0.05) is 30.5 Å². The molecule has 1 aromatic heterocycles. The van der Waals surface area contributed by atoms with Gasteiger partial charge in [-0.2, -0.15) is 0 Å². The molecule has 0 N–H and O–H groups in total. The summed E-state index contributed by atoms with van der Waals surface area (Å²) in [5.41, 5.74) is 0. The number of nitrogens with zero attached hydrogens (tertiary/aromatic N) is 1. The van der Waals surface area contributed by atoms with Crippen LogP contribution in [0.2, 0.25) is 0 Å². The van der Waals surface area contributed by atoms with E-state index in [4.69, 9.17) is 14.2 Å². The minimum Gasteiger partial charge on any atom is -0.496 e. The highest BCUT2D eigenvalue weighted by Crippen LogP contribution is 2.29. The summed E-state index contributed by atoms with van der Waals surface area (Å²) in [6.07, 6.45) is 1.62. The molecule has 87 valence electrons. The van der Waals surface area contributed by atoms with E-state index in [0.717, 1.165) is 0 Å². The van der Waals surface area contributed by atoms with Crippen molar-refractivity contribution in [1.82, 2.24) is 4.98 Å². The molecule has 1 radical (unpaired) electrons. The first-order chi connectivity index (χ1) is 8.31. The Hall–Kier alpha value is -2.23. The van der Waals surface area contributed by atoms with Crippen LogP contribution in [-0.2, 0) is 0 Å². The molecule has 0 spiro atoms. The maximum atomic E-state index is 5.56. The first-order valence-corrected chi connectivity index (χ1v) is 5.05. The Balaban J connectivity index is 2.26. The Morgan fingerprint density at radius 3 is 2.18 bits per heavy atom. The molecular weight excluding hydrogens is 218 g/mol. The lowest BCUT2D eigenvalue weighted by molar-refractivity contribution is 0.385. The summed E-state index contributed by atoms with van der Waals surface area (Å²) in [7, 11) is 3.18. The normalized spacial score (nSPS) is 9.76. The zero-order chi connectivity index (χ0) is 12.1.